The third-order valence-electron chi connectivity index (χ3n) is 3.64. The molecule has 1 unspecified atom stereocenters. The van der Waals surface area contributed by atoms with Crippen LogP contribution in [0.5, 0.6) is 0 Å². The summed E-state index contributed by atoms with van der Waals surface area (Å²) < 4.78 is 37.1. The Hall–Kier alpha value is -3.08. The van der Waals surface area contributed by atoms with Crippen LogP contribution in [-0.2, 0) is 32.7 Å². The lowest BCUT2D eigenvalue weighted by Crippen LogP contribution is -2.46. The van der Waals surface area contributed by atoms with Gasteiger partial charge in [0.25, 0.3) is 0 Å². The monoisotopic (exact) mass is 398 g/mol. The van der Waals surface area contributed by atoms with Crippen molar-refractivity contribution in [2.45, 2.75) is 32.1 Å². The van der Waals surface area contributed by atoms with Gasteiger partial charge in [-0.15, -0.1) is 4.94 Å². The normalized spacial score (nSPS) is 12.4. The molecule has 0 fully saturated rings. The summed E-state index contributed by atoms with van der Waals surface area (Å²) in [6, 6.07) is -0.0562. The number of hydrogen-bond acceptors (Lipinski definition) is 7. The maximum Gasteiger partial charge on any atom is 0.410 e. The molecule has 0 aliphatic heterocycles. The molecule has 0 aromatic carbocycles. The highest BCUT2D eigenvalue weighted by Crippen LogP contribution is 2.23. The molecule has 2 rings (SSSR count). The molecule has 2 aromatic rings. The number of aromatic nitrogens is 3. The van der Waals surface area contributed by atoms with Crippen LogP contribution in [0.3, 0.4) is 0 Å². The molecule has 9 nitrogen and oxygen atoms in total. The van der Waals surface area contributed by atoms with Gasteiger partial charge in [0.15, 0.2) is 0 Å². The third kappa shape index (κ3) is 5.46. The molecule has 0 aliphatic rings. The van der Waals surface area contributed by atoms with Crippen molar-refractivity contribution >= 4 is 12.1 Å². The first-order valence-electron chi connectivity index (χ1n) is 8.15. The van der Waals surface area contributed by atoms with Gasteiger partial charge in [-0.3, -0.25) is 9.67 Å². The second kappa shape index (κ2) is 8.74. The van der Waals surface area contributed by atoms with E-state index in [1.165, 1.54) is 16.9 Å². The van der Waals surface area contributed by atoms with Crippen molar-refractivity contribution in [2.75, 3.05) is 7.11 Å². The minimum atomic E-state index is -1.86. The van der Waals surface area contributed by atoms with E-state index >= 15 is 0 Å². The number of halogens is 2. The molecule has 1 N–H and O–H groups in total. The molecule has 0 aliphatic carbocycles. The van der Waals surface area contributed by atoms with Crippen LogP contribution in [0, 0.1) is 5.82 Å². The maximum atomic E-state index is 13.8. The van der Waals surface area contributed by atoms with E-state index in [0.717, 1.165) is 27.2 Å². The Morgan fingerprint density at radius 3 is 2.64 bits per heavy atom. The van der Waals surface area contributed by atoms with Gasteiger partial charge in [0.05, 0.1) is 25.2 Å². The van der Waals surface area contributed by atoms with Crippen molar-refractivity contribution < 1.29 is 32.9 Å². The first kappa shape index (κ1) is 21.2. The summed E-state index contributed by atoms with van der Waals surface area (Å²) in [5.74, 6) is -3.29. The molecule has 0 saturated carbocycles. The second-order valence-corrected chi connectivity index (χ2v) is 6.35. The van der Waals surface area contributed by atoms with Crippen molar-refractivity contribution in [3.8, 4) is 11.3 Å². The standard InChI is InChI=1S/C17H20F2N4O5/c1-17(2,28-19)27-16(25)22-13(15(24)26-4)6-10-5-12(18)8-20-14(10)11-7-21-23(3)9-11/h5,7-9,13H,6H2,1-4H3,(H,22,25). The molecule has 28 heavy (non-hydrogen) atoms. The number of nitrogens with zero attached hydrogens (tertiary/aromatic N) is 3. The Kier molecular flexibility index (Phi) is 6.62. The average Bonchev–Trinajstić information content (AvgIpc) is 3.06. The van der Waals surface area contributed by atoms with Crippen molar-refractivity contribution in [2.24, 2.45) is 7.05 Å². The van der Waals surface area contributed by atoms with Crippen LogP contribution >= 0.6 is 0 Å². The van der Waals surface area contributed by atoms with E-state index in [2.05, 4.69) is 25.1 Å². The van der Waals surface area contributed by atoms with Gasteiger partial charge in [-0.05, 0) is 16.2 Å². The molecule has 0 radical (unpaired) electrons. The number of carbonyl (C=O) groups is 2. The summed E-state index contributed by atoms with van der Waals surface area (Å²) in [5.41, 5.74) is 1.30. The molecule has 0 bridgehead atoms. The molecule has 2 heterocycles. The lowest BCUT2D eigenvalue weighted by atomic mass is 10.0. The molecular formula is C17H20F2N4O5. The molecule has 0 spiro atoms. The average molecular weight is 398 g/mol. The van der Waals surface area contributed by atoms with Crippen molar-refractivity contribution in [1.29, 1.82) is 0 Å². The number of hydrogen-bond donors (Lipinski definition) is 1. The minimum absolute atomic E-state index is 0.159. The molecule has 0 saturated heterocycles. The Morgan fingerprint density at radius 1 is 1.36 bits per heavy atom. The number of rotatable bonds is 7. The van der Waals surface area contributed by atoms with Crippen molar-refractivity contribution in [3.63, 3.8) is 0 Å². The summed E-state index contributed by atoms with van der Waals surface area (Å²) in [6.45, 7) is 2.33. The van der Waals surface area contributed by atoms with Crippen LogP contribution in [0.4, 0.5) is 13.7 Å². The summed E-state index contributed by atoms with van der Waals surface area (Å²) in [6.07, 6.45) is 2.94. The number of amides is 1. The fourth-order valence-corrected chi connectivity index (χ4v) is 2.41. The summed E-state index contributed by atoms with van der Waals surface area (Å²) in [7, 11) is 2.83. The predicted octanol–water partition coefficient (Wildman–Crippen LogP) is 2.07. The van der Waals surface area contributed by atoms with Gasteiger partial charge in [0, 0.05) is 39.1 Å². The molecule has 152 valence electrons. The Labute approximate surface area is 159 Å². The third-order valence-corrected chi connectivity index (χ3v) is 3.64. The van der Waals surface area contributed by atoms with Gasteiger partial charge in [-0.1, -0.05) is 0 Å². The highest BCUT2D eigenvalue weighted by Gasteiger charge is 2.29. The lowest BCUT2D eigenvalue weighted by molar-refractivity contribution is -0.307. The van der Waals surface area contributed by atoms with E-state index < -0.39 is 29.7 Å². The molecule has 2 aromatic heterocycles. The zero-order valence-corrected chi connectivity index (χ0v) is 15.7. The Morgan fingerprint density at radius 2 is 2.07 bits per heavy atom. The van der Waals surface area contributed by atoms with Gasteiger partial charge in [0.2, 0.25) is 5.79 Å². The fourth-order valence-electron chi connectivity index (χ4n) is 2.41. The highest BCUT2D eigenvalue weighted by molar-refractivity contribution is 5.82. The quantitative estimate of drug-likeness (QED) is 0.562. The largest absolute Gasteiger partial charge is 0.467 e. The fraction of sp³-hybridized carbons (Fsp3) is 0.412. The van der Waals surface area contributed by atoms with Crippen LogP contribution in [0.2, 0.25) is 0 Å². The smallest absolute Gasteiger partial charge is 0.410 e. The van der Waals surface area contributed by atoms with Crippen LogP contribution in [0.1, 0.15) is 19.4 Å². The number of esters is 1. The van der Waals surface area contributed by atoms with E-state index in [0.29, 0.717) is 16.8 Å². The SMILES string of the molecule is COC(=O)C(Cc1cc(F)cnc1-c1cnn(C)c1)NC(=O)OC(C)(C)OF. The van der Waals surface area contributed by atoms with Crippen LogP contribution in [0.15, 0.2) is 24.7 Å². The number of pyridine rings is 1. The van der Waals surface area contributed by atoms with Gasteiger partial charge in [-0.25, -0.2) is 14.0 Å². The van der Waals surface area contributed by atoms with Crippen molar-refractivity contribution in [3.05, 3.63) is 36.0 Å². The number of methoxy groups -OCH3 is 1. The molecule has 11 heteroatoms. The minimum Gasteiger partial charge on any atom is -0.467 e. The van der Waals surface area contributed by atoms with E-state index in [-0.39, 0.29) is 6.42 Å². The van der Waals surface area contributed by atoms with Gasteiger partial charge in [0.1, 0.15) is 11.9 Å². The number of alkyl carbamates (subject to hydrolysis) is 1. The highest BCUT2D eigenvalue weighted by atomic mass is 19.3. The van der Waals surface area contributed by atoms with Gasteiger partial charge < -0.3 is 14.8 Å². The maximum absolute atomic E-state index is 13.8. The van der Waals surface area contributed by atoms with E-state index in [1.807, 2.05) is 0 Å². The Balaban J connectivity index is 2.28. The summed E-state index contributed by atoms with van der Waals surface area (Å²) in [5, 5.41) is 6.29. The predicted molar refractivity (Wildman–Crippen MR) is 91.8 cm³/mol. The van der Waals surface area contributed by atoms with E-state index in [9.17, 15) is 18.5 Å². The zero-order chi connectivity index (χ0) is 20.9. The Bertz CT molecular complexity index is 856. The number of carbonyl (C=O) groups excluding carboxylic acids is 2. The van der Waals surface area contributed by atoms with Gasteiger partial charge >= 0.3 is 12.1 Å². The summed E-state index contributed by atoms with van der Waals surface area (Å²) >= 11 is 0. The lowest BCUT2D eigenvalue weighted by Gasteiger charge is -2.22. The number of aryl methyl sites for hydroxylation is 1. The van der Waals surface area contributed by atoms with E-state index in [4.69, 9.17) is 4.74 Å². The van der Waals surface area contributed by atoms with Crippen LogP contribution in [-0.4, -0.2) is 45.8 Å². The summed E-state index contributed by atoms with van der Waals surface area (Å²) in [4.78, 5) is 31.6. The first-order chi connectivity index (χ1) is 13.1. The molecule has 1 amide bonds. The second-order valence-electron chi connectivity index (χ2n) is 6.35. The number of ether oxygens (including phenoxy) is 2. The molecule has 1 atom stereocenters. The topological polar surface area (TPSA) is 105 Å². The zero-order valence-electron chi connectivity index (χ0n) is 15.7. The van der Waals surface area contributed by atoms with Crippen LogP contribution in [0.25, 0.3) is 11.3 Å². The molecular weight excluding hydrogens is 378 g/mol. The van der Waals surface area contributed by atoms with Gasteiger partial charge in [-0.2, -0.15) is 5.10 Å². The first-order valence-corrected chi connectivity index (χ1v) is 8.15. The van der Waals surface area contributed by atoms with Crippen LogP contribution < -0.4 is 5.32 Å². The van der Waals surface area contributed by atoms with E-state index in [1.54, 1.807) is 13.2 Å². The number of nitrogens with one attached hydrogen (secondary N) is 1. The van der Waals surface area contributed by atoms with Crippen molar-refractivity contribution in [1.82, 2.24) is 20.1 Å².